The van der Waals surface area contributed by atoms with Gasteiger partial charge in [0.25, 0.3) is 0 Å². The minimum absolute atomic E-state index is 0.00783. The molecule has 0 saturated heterocycles. The second-order valence-electron chi connectivity index (χ2n) is 6.37. The van der Waals surface area contributed by atoms with E-state index in [1.54, 1.807) is 17.5 Å². The molecule has 28 heavy (non-hydrogen) atoms. The van der Waals surface area contributed by atoms with E-state index in [1.165, 1.54) is 0 Å². The van der Waals surface area contributed by atoms with Crippen molar-refractivity contribution in [3.63, 3.8) is 0 Å². The highest BCUT2D eigenvalue weighted by Crippen LogP contribution is 2.29. The number of carbonyl (C=O) groups excluding carboxylic acids is 1. The van der Waals surface area contributed by atoms with E-state index in [-0.39, 0.29) is 5.91 Å². The van der Waals surface area contributed by atoms with Gasteiger partial charge in [0.05, 0.1) is 11.4 Å². The summed E-state index contributed by atoms with van der Waals surface area (Å²) in [5.41, 5.74) is 4.66. The fourth-order valence-electron chi connectivity index (χ4n) is 2.90. The highest BCUT2D eigenvalue weighted by Gasteiger charge is 2.09. The molecule has 4 nitrogen and oxygen atoms in total. The molecule has 2 aromatic heterocycles. The lowest BCUT2D eigenvalue weighted by atomic mass is 10.1. The molecule has 2 heterocycles. The molecule has 0 aliphatic rings. The van der Waals surface area contributed by atoms with Crippen LogP contribution in [0.2, 0.25) is 0 Å². The largest absolute Gasteiger partial charge is 0.326 e. The zero-order valence-corrected chi connectivity index (χ0v) is 16.0. The molecule has 0 fully saturated rings. The smallest absolute Gasteiger partial charge is 0.224 e. The molecular weight excluding hydrogens is 366 g/mol. The number of aryl methyl sites for hydroxylation is 1. The van der Waals surface area contributed by atoms with E-state index < -0.39 is 0 Å². The molecule has 0 saturated carbocycles. The van der Waals surface area contributed by atoms with Crippen LogP contribution in [0.25, 0.3) is 22.0 Å². The first kappa shape index (κ1) is 18.1. The van der Waals surface area contributed by atoms with Crippen LogP contribution in [0.4, 0.5) is 5.69 Å². The standard InChI is InChI=1S/C23H19N3OS/c27-22(13-12-17-7-2-1-3-8-17)25-19-10-6-9-18(15-19)21-16-28-23(26-21)20-11-4-5-14-24-20/h1-11,14-16H,12-13H2,(H,25,27). The zero-order chi connectivity index (χ0) is 19.2. The van der Waals surface area contributed by atoms with Crippen LogP contribution in [0.1, 0.15) is 12.0 Å². The van der Waals surface area contributed by atoms with E-state index in [1.807, 2.05) is 78.2 Å². The van der Waals surface area contributed by atoms with E-state index in [0.29, 0.717) is 6.42 Å². The maximum absolute atomic E-state index is 12.3. The molecule has 0 spiro atoms. The maximum Gasteiger partial charge on any atom is 0.224 e. The van der Waals surface area contributed by atoms with Gasteiger partial charge in [0.1, 0.15) is 5.01 Å². The van der Waals surface area contributed by atoms with Crippen molar-refractivity contribution >= 4 is 22.9 Å². The lowest BCUT2D eigenvalue weighted by Gasteiger charge is -2.07. The molecule has 1 amide bonds. The molecule has 0 bridgehead atoms. The number of hydrogen-bond donors (Lipinski definition) is 1. The molecule has 0 aliphatic carbocycles. The summed E-state index contributed by atoms with van der Waals surface area (Å²) in [6.07, 6.45) is 2.95. The third-order valence-corrected chi connectivity index (χ3v) is 5.18. The van der Waals surface area contributed by atoms with E-state index in [9.17, 15) is 4.79 Å². The number of anilines is 1. The molecule has 0 aliphatic heterocycles. The molecule has 5 heteroatoms. The highest BCUT2D eigenvalue weighted by atomic mass is 32.1. The second kappa shape index (κ2) is 8.59. The molecule has 0 atom stereocenters. The zero-order valence-electron chi connectivity index (χ0n) is 15.2. The number of carbonyl (C=O) groups is 1. The SMILES string of the molecule is O=C(CCc1ccccc1)Nc1cccc(-c2csc(-c3ccccn3)n2)c1. The van der Waals surface area contributed by atoms with Crippen molar-refractivity contribution in [2.24, 2.45) is 0 Å². The van der Waals surface area contributed by atoms with E-state index in [4.69, 9.17) is 4.98 Å². The maximum atomic E-state index is 12.3. The van der Waals surface area contributed by atoms with E-state index in [0.717, 1.165) is 39.6 Å². The number of benzene rings is 2. The first-order valence-corrected chi connectivity index (χ1v) is 9.97. The lowest BCUT2D eigenvalue weighted by molar-refractivity contribution is -0.116. The molecule has 1 N–H and O–H groups in total. The number of thiazole rings is 1. The fraction of sp³-hybridized carbons (Fsp3) is 0.0870. The lowest BCUT2D eigenvalue weighted by Crippen LogP contribution is -2.12. The Morgan fingerprint density at radius 2 is 1.79 bits per heavy atom. The van der Waals surface area contributed by atoms with E-state index >= 15 is 0 Å². The first-order valence-electron chi connectivity index (χ1n) is 9.09. The summed E-state index contributed by atoms with van der Waals surface area (Å²) < 4.78 is 0. The predicted molar refractivity (Wildman–Crippen MR) is 114 cm³/mol. The van der Waals surface area contributed by atoms with E-state index in [2.05, 4.69) is 10.3 Å². The highest BCUT2D eigenvalue weighted by molar-refractivity contribution is 7.13. The minimum atomic E-state index is 0.00783. The number of pyridine rings is 1. The number of rotatable bonds is 6. The molecule has 138 valence electrons. The third-order valence-electron chi connectivity index (χ3n) is 4.31. The Morgan fingerprint density at radius 3 is 2.61 bits per heavy atom. The van der Waals surface area contributed by atoms with Crippen LogP contribution < -0.4 is 5.32 Å². The fourth-order valence-corrected chi connectivity index (χ4v) is 3.70. The van der Waals surface area contributed by atoms with Crippen LogP contribution in [-0.4, -0.2) is 15.9 Å². The molecule has 4 rings (SSSR count). The Labute approximate surface area is 167 Å². The van der Waals surface area contributed by atoms with Gasteiger partial charge in [-0.05, 0) is 36.2 Å². The van der Waals surface area contributed by atoms with Crippen LogP contribution in [0.5, 0.6) is 0 Å². The molecule has 0 radical (unpaired) electrons. The number of amides is 1. The number of hydrogen-bond acceptors (Lipinski definition) is 4. The van der Waals surface area contributed by atoms with Crippen molar-refractivity contribution in [1.82, 2.24) is 9.97 Å². The Hall–Kier alpha value is -3.31. The van der Waals surface area contributed by atoms with Crippen molar-refractivity contribution in [2.45, 2.75) is 12.8 Å². The second-order valence-corrected chi connectivity index (χ2v) is 7.23. The molecule has 4 aromatic rings. The first-order chi connectivity index (χ1) is 13.8. The van der Waals surface area contributed by atoms with Crippen LogP contribution in [-0.2, 0) is 11.2 Å². The van der Waals surface area contributed by atoms with Crippen molar-refractivity contribution in [2.75, 3.05) is 5.32 Å². The Morgan fingerprint density at radius 1 is 0.929 bits per heavy atom. The summed E-state index contributed by atoms with van der Waals surface area (Å²) in [7, 11) is 0. The van der Waals surface area contributed by atoms with Crippen molar-refractivity contribution < 1.29 is 4.79 Å². The Balaban J connectivity index is 1.43. The van der Waals surface area contributed by atoms with Crippen molar-refractivity contribution in [3.05, 3.63) is 89.9 Å². The van der Waals surface area contributed by atoms with Crippen LogP contribution in [0, 0.1) is 0 Å². The van der Waals surface area contributed by atoms with Gasteiger partial charge in [-0.2, -0.15) is 0 Å². The third kappa shape index (κ3) is 4.50. The number of nitrogens with one attached hydrogen (secondary N) is 1. The number of aromatic nitrogens is 2. The van der Waals surface area contributed by atoms with Gasteiger partial charge in [-0.15, -0.1) is 11.3 Å². The van der Waals surface area contributed by atoms with Crippen molar-refractivity contribution in [3.8, 4) is 22.0 Å². The minimum Gasteiger partial charge on any atom is -0.326 e. The van der Waals surface area contributed by atoms with Gasteiger partial charge in [-0.25, -0.2) is 4.98 Å². The van der Waals surface area contributed by atoms with Crippen LogP contribution in [0.15, 0.2) is 84.4 Å². The molecule has 2 aromatic carbocycles. The summed E-state index contributed by atoms with van der Waals surface area (Å²) >= 11 is 1.56. The van der Waals surface area contributed by atoms with Gasteiger partial charge >= 0.3 is 0 Å². The predicted octanol–water partition coefficient (Wildman–Crippen LogP) is 5.44. The quantitative estimate of drug-likeness (QED) is 0.481. The van der Waals surface area contributed by atoms with Gasteiger partial charge < -0.3 is 5.32 Å². The Kier molecular flexibility index (Phi) is 5.54. The van der Waals surface area contributed by atoms with Crippen LogP contribution >= 0.6 is 11.3 Å². The summed E-state index contributed by atoms with van der Waals surface area (Å²) in [5.74, 6) is 0.00783. The summed E-state index contributed by atoms with van der Waals surface area (Å²) in [5, 5.41) is 5.88. The average molecular weight is 385 g/mol. The van der Waals surface area contributed by atoms with Gasteiger partial charge in [-0.3, -0.25) is 9.78 Å². The van der Waals surface area contributed by atoms with Gasteiger partial charge in [0.15, 0.2) is 0 Å². The average Bonchev–Trinajstić information content (AvgIpc) is 3.24. The topological polar surface area (TPSA) is 54.9 Å². The summed E-state index contributed by atoms with van der Waals surface area (Å²) in [6.45, 7) is 0. The van der Waals surface area contributed by atoms with Crippen LogP contribution in [0.3, 0.4) is 0 Å². The van der Waals surface area contributed by atoms with Crippen molar-refractivity contribution in [1.29, 1.82) is 0 Å². The summed E-state index contributed by atoms with van der Waals surface area (Å²) in [6, 6.07) is 23.6. The van der Waals surface area contributed by atoms with Gasteiger partial charge in [-0.1, -0.05) is 48.5 Å². The number of nitrogens with zero attached hydrogens (tertiary/aromatic N) is 2. The monoisotopic (exact) mass is 385 g/mol. The Bertz CT molecular complexity index is 1060. The van der Waals surface area contributed by atoms with Gasteiger partial charge in [0, 0.05) is 29.2 Å². The van der Waals surface area contributed by atoms with Gasteiger partial charge in [0.2, 0.25) is 5.91 Å². The molecular formula is C23H19N3OS. The molecule has 0 unspecified atom stereocenters. The summed E-state index contributed by atoms with van der Waals surface area (Å²) in [4.78, 5) is 21.3. The normalized spacial score (nSPS) is 10.6.